The van der Waals surface area contributed by atoms with Crippen LogP contribution in [0.3, 0.4) is 0 Å². The number of rotatable bonds is 10. The minimum absolute atomic E-state index is 0.183. The number of carbonyl (C=O) groups is 1. The smallest absolute Gasteiger partial charge is 0.306 e. The first-order chi connectivity index (χ1) is 16.7. The minimum atomic E-state index is -0.495. The van der Waals surface area contributed by atoms with Crippen molar-refractivity contribution in [2.45, 2.75) is 58.7 Å². The van der Waals surface area contributed by atoms with Gasteiger partial charge in [-0.15, -0.1) is 9.24 Å². The second-order valence-corrected chi connectivity index (χ2v) is 10.3. The molecule has 1 N–H and O–H groups in total. The van der Waals surface area contributed by atoms with Crippen LogP contribution in [-0.4, -0.2) is 54.9 Å². The molecule has 3 atom stereocenters. The van der Waals surface area contributed by atoms with Gasteiger partial charge in [-0.3, -0.25) is 4.79 Å². The van der Waals surface area contributed by atoms with E-state index in [1.807, 2.05) is 50.2 Å². The van der Waals surface area contributed by atoms with E-state index < -0.39 is 6.10 Å². The molecule has 0 radical (unpaired) electrons. The topological polar surface area (TPSA) is 59.0 Å². The van der Waals surface area contributed by atoms with Crippen LogP contribution < -0.4 is 5.30 Å². The van der Waals surface area contributed by atoms with Crippen LogP contribution in [-0.2, 0) is 20.7 Å². The number of ether oxygens (including phenoxy) is 2. The van der Waals surface area contributed by atoms with Gasteiger partial charge in [-0.25, -0.2) is 0 Å². The van der Waals surface area contributed by atoms with E-state index >= 15 is 0 Å². The summed E-state index contributed by atoms with van der Waals surface area (Å²) < 4.78 is 10.9. The predicted octanol–water partition coefficient (Wildman–Crippen LogP) is 5.52. The molecule has 1 aliphatic heterocycles. The van der Waals surface area contributed by atoms with Gasteiger partial charge in [0.15, 0.2) is 0 Å². The van der Waals surface area contributed by atoms with Crippen LogP contribution in [0.15, 0.2) is 36.4 Å². The highest BCUT2D eigenvalue weighted by Crippen LogP contribution is 2.26. The van der Waals surface area contributed by atoms with Gasteiger partial charge < -0.3 is 19.5 Å². The normalized spacial score (nSPS) is 15.3. The van der Waals surface area contributed by atoms with Gasteiger partial charge in [0.1, 0.15) is 0 Å². The Morgan fingerprint density at radius 2 is 1.89 bits per heavy atom. The van der Waals surface area contributed by atoms with E-state index in [0.717, 1.165) is 34.5 Å². The maximum Gasteiger partial charge on any atom is 0.306 e. The Balaban J connectivity index is 0.000000402. The van der Waals surface area contributed by atoms with E-state index in [4.69, 9.17) is 32.7 Å². The van der Waals surface area contributed by atoms with Crippen LogP contribution in [0.5, 0.6) is 0 Å². The Morgan fingerprint density at radius 1 is 1.17 bits per heavy atom. The lowest BCUT2D eigenvalue weighted by Crippen LogP contribution is -2.33. The fourth-order valence-electron chi connectivity index (χ4n) is 3.98. The molecule has 0 spiro atoms. The highest BCUT2D eigenvalue weighted by molar-refractivity contribution is 7.28. The lowest BCUT2D eigenvalue weighted by molar-refractivity contribution is -0.143. The Morgan fingerprint density at radius 3 is 2.51 bits per heavy atom. The van der Waals surface area contributed by atoms with Crippen molar-refractivity contribution in [3.8, 4) is 0 Å². The molecule has 35 heavy (non-hydrogen) atoms. The number of nitrogens with zero attached hydrogens (tertiary/aromatic N) is 1. The van der Waals surface area contributed by atoms with Crippen LogP contribution in [0.2, 0.25) is 10.0 Å². The SMILES string of the molecule is CCOC(=O)CCc1cc(Cl)ccc1C(C)OCC(O)CN1CCCC1.Cc1ccc(Cl)c(P)c1. The molecule has 0 aromatic heterocycles. The summed E-state index contributed by atoms with van der Waals surface area (Å²) in [7, 11) is 2.59. The summed E-state index contributed by atoms with van der Waals surface area (Å²) in [4.78, 5) is 13.9. The third-order valence-electron chi connectivity index (χ3n) is 5.80. The van der Waals surface area contributed by atoms with Crippen LogP contribution in [0.4, 0.5) is 0 Å². The Kier molecular flexibility index (Phi) is 13.6. The third-order valence-corrected chi connectivity index (χ3v) is 7.04. The zero-order chi connectivity index (χ0) is 25.8. The quantitative estimate of drug-likeness (QED) is 0.317. The second-order valence-electron chi connectivity index (χ2n) is 8.81. The molecule has 0 amide bonds. The fraction of sp³-hybridized carbons (Fsp3) is 0.519. The number of hydrogen-bond donors (Lipinski definition) is 1. The highest BCUT2D eigenvalue weighted by atomic mass is 35.5. The second kappa shape index (κ2) is 15.8. The molecule has 3 rings (SSSR count). The van der Waals surface area contributed by atoms with Crippen molar-refractivity contribution in [2.75, 3.05) is 32.8 Å². The van der Waals surface area contributed by atoms with E-state index in [1.54, 1.807) is 6.92 Å². The van der Waals surface area contributed by atoms with Crippen molar-refractivity contribution < 1.29 is 19.4 Å². The molecule has 1 saturated heterocycles. The Bertz CT molecular complexity index is 937. The number of β-amino-alcohol motifs (C(OH)–C–C–N with tert-alkyl or cyclic N) is 1. The molecule has 0 saturated carbocycles. The maximum absolute atomic E-state index is 11.6. The standard InChI is InChI=1S/C20H30ClNO4.C7H8ClP/c1-3-25-20(24)9-6-16-12-17(21)7-8-19(16)15(2)26-14-18(23)13-22-10-4-5-11-22;1-5-2-3-6(8)7(9)4-5/h7-8,12,15,18,23H,3-6,9-11,13-14H2,1-2H3;2-4H,9H2,1H3. The summed E-state index contributed by atoms with van der Waals surface area (Å²) >= 11 is 11.9. The molecule has 1 aliphatic rings. The maximum atomic E-state index is 11.6. The van der Waals surface area contributed by atoms with Crippen LogP contribution in [0.25, 0.3) is 0 Å². The molecule has 194 valence electrons. The predicted molar refractivity (Wildman–Crippen MR) is 148 cm³/mol. The Labute approximate surface area is 222 Å². The lowest BCUT2D eigenvalue weighted by atomic mass is 9.99. The molecule has 8 heteroatoms. The number of aliphatic hydroxyl groups is 1. The van der Waals surface area contributed by atoms with Crippen molar-refractivity contribution in [3.63, 3.8) is 0 Å². The molecule has 3 unspecified atom stereocenters. The molecular formula is C27H38Cl2NO4P. The molecule has 0 aliphatic carbocycles. The van der Waals surface area contributed by atoms with Gasteiger partial charge >= 0.3 is 5.97 Å². The summed E-state index contributed by atoms with van der Waals surface area (Å²) in [6.45, 7) is 9.25. The third kappa shape index (κ3) is 11.2. The summed E-state index contributed by atoms with van der Waals surface area (Å²) in [5.41, 5.74) is 3.21. The zero-order valence-corrected chi connectivity index (χ0v) is 23.6. The first kappa shape index (κ1) is 30.0. The van der Waals surface area contributed by atoms with Crippen LogP contribution >= 0.6 is 32.4 Å². The van der Waals surface area contributed by atoms with E-state index in [0.29, 0.717) is 31.0 Å². The van der Waals surface area contributed by atoms with Crippen molar-refractivity contribution in [1.29, 1.82) is 0 Å². The van der Waals surface area contributed by atoms with E-state index in [9.17, 15) is 9.90 Å². The fourth-order valence-corrected chi connectivity index (χ4v) is 4.65. The Hall–Kier alpha value is -1.20. The molecule has 1 fully saturated rings. The van der Waals surface area contributed by atoms with E-state index in [1.165, 1.54) is 18.4 Å². The van der Waals surface area contributed by atoms with Gasteiger partial charge in [-0.2, -0.15) is 0 Å². The van der Waals surface area contributed by atoms with Crippen molar-refractivity contribution in [3.05, 3.63) is 63.1 Å². The first-order valence-corrected chi connectivity index (χ1v) is 13.5. The van der Waals surface area contributed by atoms with Gasteiger partial charge in [-0.05, 0) is 87.8 Å². The molecule has 2 aromatic carbocycles. The summed E-state index contributed by atoms with van der Waals surface area (Å²) in [6.07, 6.45) is 2.60. The van der Waals surface area contributed by atoms with Crippen molar-refractivity contribution >= 4 is 43.7 Å². The summed E-state index contributed by atoms with van der Waals surface area (Å²) in [5, 5.41) is 12.7. The number of esters is 1. The van der Waals surface area contributed by atoms with Crippen molar-refractivity contribution in [1.82, 2.24) is 4.90 Å². The monoisotopic (exact) mass is 541 g/mol. The summed E-state index contributed by atoms with van der Waals surface area (Å²) in [6, 6.07) is 11.6. The molecule has 0 bridgehead atoms. The average Bonchev–Trinajstić information content (AvgIpc) is 3.32. The van der Waals surface area contributed by atoms with E-state index in [-0.39, 0.29) is 18.7 Å². The number of carbonyl (C=O) groups excluding carboxylic acids is 1. The number of aliphatic hydroxyl groups excluding tert-OH is 1. The highest BCUT2D eigenvalue weighted by Gasteiger charge is 2.18. The molecule has 2 aromatic rings. The summed E-state index contributed by atoms with van der Waals surface area (Å²) in [5.74, 6) is -0.215. The lowest BCUT2D eigenvalue weighted by Gasteiger charge is -2.22. The molecule has 1 heterocycles. The first-order valence-electron chi connectivity index (χ1n) is 12.2. The number of hydrogen-bond acceptors (Lipinski definition) is 5. The zero-order valence-electron chi connectivity index (χ0n) is 20.9. The number of aryl methyl sites for hydroxylation is 2. The van der Waals surface area contributed by atoms with Crippen LogP contribution in [0, 0.1) is 6.92 Å². The largest absolute Gasteiger partial charge is 0.466 e. The number of halogens is 2. The molecular weight excluding hydrogens is 504 g/mol. The van der Waals surface area contributed by atoms with Gasteiger partial charge in [0.25, 0.3) is 0 Å². The van der Waals surface area contributed by atoms with E-state index in [2.05, 4.69) is 14.1 Å². The molecule has 5 nitrogen and oxygen atoms in total. The van der Waals surface area contributed by atoms with Gasteiger partial charge in [-0.1, -0.05) is 47.0 Å². The van der Waals surface area contributed by atoms with Crippen LogP contribution in [0.1, 0.15) is 55.9 Å². The minimum Gasteiger partial charge on any atom is -0.466 e. The average molecular weight is 542 g/mol. The number of likely N-dealkylation sites (tertiary alicyclic amines) is 1. The number of benzene rings is 2. The van der Waals surface area contributed by atoms with Gasteiger partial charge in [0.05, 0.1) is 25.4 Å². The van der Waals surface area contributed by atoms with Gasteiger partial charge in [0, 0.05) is 23.0 Å². The van der Waals surface area contributed by atoms with Gasteiger partial charge in [0.2, 0.25) is 0 Å². The van der Waals surface area contributed by atoms with Crippen molar-refractivity contribution in [2.24, 2.45) is 0 Å².